The van der Waals surface area contributed by atoms with Gasteiger partial charge in [0.25, 0.3) is 0 Å². The second-order valence-electron chi connectivity index (χ2n) is 5.81. The van der Waals surface area contributed by atoms with Gasteiger partial charge in [0.05, 0.1) is 25.8 Å². The number of likely N-dealkylation sites (tertiary alicyclic amines) is 1. The van der Waals surface area contributed by atoms with Crippen LogP contribution < -0.4 is 4.90 Å². The fraction of sp³-hybridized carbons (Fsp3) is 0.647. The fourth-order valence-corrected chi connectivity index (χ4v) is 2.99. The minimum Gasteiger partial charge on any atom is -0.385 e. The van der Waals surface area contributed by atoms with Gasteiger partial charge in [-0.25, -0.2) is 0 Å². The van der Waals surface area contributed by atoms with E-state index < -0.39 is 0 Å². The minimum absolute atomic E-state index is 0.0993. The number of quaternary nitrogens is 1. The summed E-state index contributed by atoms with van der Waals surface area (Å²) in [7, 11) is 0. The number of hydrogen-bond donors (Lipinski definition) is 2. The molecule has 0 amide bonds. The van der Waals surface area contributed by atoms with Gasteiger partial charge in [-0.05, 0) is 31.2 Å². The summed E-state index contributed by atoms with van der Waals surface area (Å²) >= 11 is 0. The van der Waals surface area contributed by atoms with Crippen molar-refractivity contribution in [1.29, 1.82) is 0 Å². The first-order chi connectivity index (χ1) is 9.79. The Morgan fingerprint density at radius 1 is 1.15 bits per heavy atom. The Morgan fingerprint density at radius 2 is 1.85 bits per heavy atom. The molecule has 1 aromatic rings. The molecule has 0 unspecified atom stereocenters. The quantitative estimate of drug-likeness (QED) is 0.794. The highest BCUT2D eigenvalue weighted by Gasteiger charge is 2.19. The van der Waals surface area contributed by atoms with E-state index in [1.54, 1.807) is 0 Å². The van der Waals surface area contributed by atoms with Gasteiger partial charge < -0.3 is 14.7 Å². The molecule has 1 aliphatic heterocycles. The number of aliphatic hydroxyl groups is 1. The highest BCUT2D eigenvalue weighted by Crippen LogP contribution is 2.20. The van der Waals surface area contributed by atoms with Crippen LogP contribution in [0.2, 0.25) is 0 Å². The van der Waals surface area contributed by atoms with Gasteiger partial charge in [0.2, 0.25) is 0 Å². The van der Waals surface area contributed by atoms with E-state index in [1.807, 2.05) is 18.2 Å². The van der Waals surface area contributed by atoms with Gasteiger partial charge in [0, 0.05) is 0 Å². The maximum Gasteiger partial charge on any atom is 0.126 e. The Hall–Kier alpha value is -0.900. The third-order valence-corrected chi connectivity index (χ3v) is 4.12. The molecule has 0 aliphatic carbocycles. The number of rotatable bonds is 7. The molecular weight excluding hydrogens is 250 g/mol. The molecule has 1 aromatic carbocycles. The molecule has 1 aliphatic rings. The molecule has 1 heterocycles. The van der Waals surface area contributed by atoms with Crippen LogP contribution in [0.4, 0.5) is 0 Å². The van der Waals surface area contributed by atoms with Crippen molar-refractivity contribution in [2.75, 3.05) is 26.2 Å². The maximum atomic E-state index is 10.1. The maximum absolute atomic E-state index is 10.1. The molecule has 3 heteroatoms. The summed E-state index contributed by atoms with van der Waals surface area (Å²) in [6.45, 7) is 5.79. The van der Waals surface area contributed by atoms with E-state index in [2.05, 4.69) is 19.1 Å². The lowest BCUT2D eigenvalue weighted by atomic mass is 10.1. The number of nitrogens with one attached hydrogen (secondary N) is 1. The summed E-state index contributed by atoms with van der Waals surface area (Å²) in [5.74, 6) is 0. The average molecular weight is 278 g/mol. The summed E-state index contributed by atoms with van der Waals surface area (Å²) in [6, 6.07) is 10.3. The van der Waals surface area contributed by atoms with Crippen LogP contribution in [0.25, 0.3) is 0 Å². The lowest BCUT2D eigenvalue weighted by Crippen LogP contribution is -3.14. The number of aliphatic hydroxyl groups excluding tert-OH is 1. The zero-order valence-corrected chi connectivity index (χ0v) is 12.6. The van der Waals surface area contributed by atoms with Crippen molar-refractivity contribution in [2.45, 2.75) is 44.8 Å². The topological polar surface area (TPSA) is 33.9 Å². The zero-order valence-electron chi connectivity index (χ0n) is 12.6. The molecule has 20 heavy (non-hydrogen) atoms. The number of hydrogen-bond acceptors (Lipinski definition) is 2. The van der Waals surface area contributed by atoms with Gasteiger partial charge in [-0.3, -0.25) is 0 Å². The van der Waals surface area contributed by atoms with Crippen LogP contribution >= 0.6 is 0 Å². The minimum atomic E-state index is -0.346. The summed E-state index contributed by atoms with van der Waals surface area (Å²) in [5.41, 5.74) is 1.20. The molecule has 1 saturated heterocycles. The molecule has 2 rings (SSSR count). The van der Waals surface area contributed by atoms with Crippen molar-refractivity contribution < 1.29 is 14.7 Å². The molecule has 2 N–H and O–H groups in total. The Bertz CT molecular complexity index is 363. The molecule has 1 fully saturated rings. The summed E-state index contributed by atoms with van der Waals surface area (Å²) < 4.78 is 5.92. The zero-order chi connectivity index (χ0) is 14.2. The Morgan fingerprint density at radius 3 is 2.50 bits per heavy atom. The smallest absolute Gasteiger partial charge is 0.126 e. The second-order valence-corrected chi connectivity index (χ2v) is 5.81. The molecule has 2 atom stereocenters. The molecule has 3 nitrogen and oxygen atoms in total. The SMILES string of the molecule is CC[C@@H](OC[C@H](O)C[NH+]1CCCCC1)c1ccccc1. The van der Waals surface area contributed by atoms with Crippen LogP contribution in [0.3, 0.4) is 0 Å². The van der Waals surface area contributed by atoms with E-state index in [0.717, 1.165) is 13.0 Å². The van der Waals surface area contributed by atoms with E-state index in [-0.39, 0.29) is 12.2 Å². The summed E-state index contributed by atoms with van der Waals surface area (Å²) in [6.07, 6.45) is 4.63. The molecule has 0 saturated carbocycles. The first-order valence-corrected chi connectivity index (χ1v) is 7.97. The summed E-state index contributed by atoms with van der Waals surface area (Å²) in [5, 5.41) is 10.1. The lowest BCUT2D eigenvalue weighted by Gasteiger charge is -2.26. The molecule has 0 spiro atoms. The van der Waals surface area contributed by atoms with Crippen molar-refractivity contribution >= 4 is 0 Å². The second kappa shape index (κ2) is 8.40. The van der Waals surface area contributed by atoms with Gasteiger partial charge >= 0.3 is 0 Å². The molecule has 0 aromatic heterocycles. The van der Waals surface area contributed by atoms with Crippen LogP contribution in [0, 0.1) is 0 Å². The van der Waals surface area contributed by atoms with E-state index in [9.17, 15) is 5.11 Å². The van der Waals surface area contributed by atoms with Crippen molar-refractivity contribution in [3.63, 3.8) is 0 Å². The largest absolute Gasteiger partial charge is 0.385 e. The van der Waals surface area contributed by atoms with Crippen LogP contribution in [0.15, 0.2) is 30.3 Å². The van der Waals surface area contributed by atoms with E-state index in [4.69, 9.17) is 4.74 Å². The third-order valence-electron chi connectivity index (χ3n) is 4.12. The standard InChI is InChI=1S/C17H27NO2/c1-2-17(15-9-5-3-6-10-15)20-14-16(19)13-18-11-7-4-8-12-18/h3,5-6,9-10,16-17,19H,2,4,7-8,11-14H2,1H3/p+1/t16-,17-/m1/s1. The van der Waals surface area contributed by atoms with Crippen LogP contribution in [0.1, 0.15) is 44.3 Å². The first kappa shape index (κ1) is 15.5. The lowest BCUT2D eigenvalue weighted by molar-refractivity contribution is -0.908. The number of piperidine rings is 1. The van der Waals surface area contributed by atoms with E-state index >= 15 is 0 Å². The van der Waals surface area contributed by atoms with Crippen molar-refractivity contribution in [3.8, 4) is 0 Å². The van der Waals surface area contributed by atoms with Crippen LogP contribution in [0.5, 0.6) is 0 Å². The Kier molecular flexibility index (Phi) is 6.51. The third kappa shape index (κ3) is 4.89. The predicted octanol–water partition coefficient (Wildman–Crippen LogP) is 1.58. The molecule has 112 valence electrons. The van der Waals surface area contributed by atoms with Crippen LogP contribution in [-0.2, 0) is 4.74 Å². The first-order valence-electron chi connectivity index (χ1n) is 7.97. The van der Waals surface area contributed by atoms with E-state index in [0.29, 0.717) is 6.61 Å². The van der Waals surface area contributed by atoms with Gasteiger partial charge in [-0.2, -0.15) is 0 Å². The summed E-state index contributed by atoms with van der Waals surface area (Å²) in [4.78, 5) is 1.53. The Balaban J connectivity index is 1.75. The van der Waals surface area contributed by atoms with Crippen molar-refractivity contribution in [1.82, 2.24) is 0 Å². The number of benzene rings is 1. The predicted molar refractivity (Wildman–Crippen MR) is 80.8 cm³/mol. The van der Waals surface area contributed by atoms with E-state index in [1.165, 1.54) is 42.8 Å². The van der Waals surface area contributed by atoms with Crippen LogP contribution in [-0.4, -0.2) is 37.5 Å². The van der Waals surface area contributed by atoms with Gasteiger partial charge in [0.15, 0.2) is 0 Å². The van der Waals surface area contributed by atoms with Gasteiger partial charge in [-0.1, -0.05) is 37.3 Å². The number of ether oxygens (including phenoxy) is 1. The Labute approximate surface area is 122 Å². The normalized spacial score (nSPS) is 19.7. The highest BCUT2D eigenvalue weighted by atomic mass is 16.5. The molecule has 0 radical (unpaired) electrons. The average Bonchev–Trinajstić information content (AvgIpc) is 2.50. The monoisotopic (exact) mass is 278 g/mol. The van der Waals surface area contributed by atoms with Gasteiger partial charge in [-0.15, -0.1) is 0 Å². The van der Waals surface area contributed by atoms with Crippen molar-refractivity contribution in [3.05, 3.63) is 35.9 Å². The van der Waals surface area contributed by atoms with Crippen molar-refractivity contribution in [2.24, 2.45) is 0 Å². The molecular formula is C17H28NO2+. The highest BCUT2D eigenvalue weighted by molar-refractivity contribution is 5.17. The fourth-order valence-electron chi connectivity index (χ4n) is 2.99. The van der Waals surface area contributed by atoms with Gasteiger partial charge in [0.1, 0.15) is 12.6 Å². The molecule has 0 bridgehead atoms.